The number of ether oxygens (including phenoxy) is 1. The number of benzene rings is 3. The van der Waals surface area contributed by atoms with E-state index in [9.17, 15) is 33.0 Å². The minimum Gasteiger partial charge on any atom is -0.483 e. The van der Waals surface area contributed by atoms with Crippen LogP contribution >= 0.6 is 11.8 Å². The molecule has 0 radical (unpaired) electrons. The van der Waals surface area contributed by atoms with Crippen LogP contribution < -0.4 is 20.3 Å². The van der Waals surface area contributed by atoms with Crippen molar-refractivity contribution in [1.29, 1.82) is 0 Å². The number of nitrogens with zero attached hydrogens (tertiary/aromatic N) is 1. The van der Waals surface area contributed by atoms with Crippen molar-refractivity contribution in [3.63, 3.8) is 0 Å². The second-order valence-corrected chi connectivity index (χ2v) is 15.9. The summed E-state index contributed by atoms with van der Waals surface area (Å²) in [6, 6.07) is 18.5. The zero-order valence-electron chi connectivity index (χ0n) is 29.6. The standard InChI is InChI=1S/C38H49N3O8S2/c1-5-7-19-38(20-8-6-2)24-41(28-17-13-10-14-18-28)29-21-31(50-4)30(22-32(29)51(47,48)25-38)49-23-33(43)39-35(27-15-11-9-12-16-27)36(44)40-34(26(3)42)37(45)46/h9-18,21-22,26,34-35,42H,5-8,19-20,23-25H2,1-4H3,(H,39,43)(H,40,44)(H,45,46)/t26-,34+,35?/m0/s1. The maximum absolute atomic E-state index is 14.4. The third-order valence-electron chi connectivity index (χ3n) is 9.16. The summed E-state index contributed by atoms with van der Waals surface area (Å²) in [5.41, 5.74) is 1.36. The third-order valence-corrected chi connectivity index (χ3v) is 11.9. The maximum atomic E-state index is 14.4. The van der Waals surface area contributed by atoms with Gasteiger partial charge in [0, 0.05) is 23.7 Å². The molecule has 276 valence electrons. The largest absolute Gasteiger partial charge is 0.483 e. The van der Waals surface area contributed by atoms with Gasteiger partial charge in [-0.1, -0.05) is 88.1 Å². The molecule has 0 saturated heterocycles. The first-order valence-corrected chi connectivity index (χ1v) is 20.2. The molecule has 13 heteroatoms. The number of aliphatic carboxylic acids is 1. The fraction of sp³-hybridized carbons (Fsp3) is 0.447. The van der Waals surface area contributed by atoms with Gasteiger partial charge in [0.2, 0.25) is 5.91 Å². The van der Waals surface area contributed by atoms with E-state index in [4.69, 9.17) is 4.74 Å². The molecule has 0 fully saturated rings. The van der Waals surface area contributed by atoms with Crippen molar-refractivity contribution in [3.05, 3.63) is 78.4 Å². The topological polar surface area (TPSA) is 162 Å². The molecule has 1 unspecified atom stereocenters. The lowest BCUT2D eigenvalue weighted by Gasteiger charge is -2.37. The summed E-state index contributed by atoms with van der Waals surface area (Å²) in [5.74, 6) is -2.76. The first-order valence-electron chi connectivity index (χ1n) is 17.3. The number of hydrogen-bond donors (Lipinski definition) is 4. The molecule has 51 heavy (non-hydrogen) atoms. The summed E-state index contributed by atoms with van der Waals surface area (Å²) < 4.78 is 34.8. The Balaban J connectivity index is 1.68. The van der Waals surface area contributed by atoms with Crippen LogP contribution in [-0.2, 0) is 24.2 Å². The van der Waals surface area contributed by atoms with Gasteiger partial charge in [-0.3, -0.25) is 9.59 Å². The Hall–Kier alpha value is -4.07. The van der Waals surface area contributed by atoms with E-state index >= 15 is 0 Å². The monoisotopic (exact) mass is 739 g/mol. The number of amides is 2. The van der Waals surface area contributed by atoms with Crippen molar-refractivity contribution in [2.24, 2.45) is 5.41 Å². The van der Waals surface area contributed by atoms with Gasteiger partial charge in [-0.2, -0.15) is 0 Å². The van der Waals surface area contributed by atoms with Crippen LogP contribution in [-0.4, -0.2) is 73.7 Å². The molecular weight excluding hydrogens is 691 g/mol. The lowest BCUT2D eigenvalue weighted by Crippen LogP contribution is -2.52. The number of fused-ring (bicyclic) bond motifs is 1. The molecule has 1 heterocycles. The molecule has 4 N–H and O–H groups in total. The predicted molar refractivity (Wildman–Crippen MR) is 199 cm³/mol. The predicted octanol–water partition coefficient (Wildman–Crippen LogP) is 5.89. The number of carboxylic acid groups (broad SMARTS) is 1. The summed E-state index contributed by atoms with van der Waals surface area (Å²) in [7, 11) is -3.82. The van der Waals surface area contributed by atoms with Crippen LogP contribution in [0.5, 0.6) is 5.75 Å². The van der Waals surface area contributed by atoms with Gasteiger partial charge >= 0.3 is 5.97 Å². The van der Waals surface area contributed by atoms with E-state index in [1.54, 1.807) is 30.3 Å². The number of aliphatic hydroxyl groups is 1. The van der Waals surface area contributed by atoms with Crippen molar-refractivity contribution in [2.75, 3.05) is 30.1 Å². The van der Waals surface area contributed by atoms with Gasteiger partial charge in [-0.05, 0) is 49.8 Å². The molecule has 0 spiro atoms. The number of anilines is 2. The molecule has 3 aromatic rings. The number of thioether (sulfide) groups is 1. The first kappa shape index (κ1) is 39.7. The molecule has 0 aromatic heterocycles. The minimum absolute atomic E-state index is 0.00741. The van der Waals surface area contributed by atoms with E-state index in [1.807, 2.05) is 42.7 Å². The highest BCUT2D eigenvalue weighted by atomic mass is 32.2. The van der Waals surface area contributed by atoms with Gasteiger partial charge in [0.1, 0.15) is 11.8 Å². The van der Waals surface area contributed by atoms with Crippen molar-refractivity contribution in [2.45, 2.75) is 87.3 Å². The minimum atomic E-state index is -3.82. The molecular formula is C38H49N3O8S2. The van der Waals surface area contributed by atoms with Gasteiger partial charge in [0.05, 0.1) is 27.3 Å². The summed E-state index contributed by atoms with van der Waals surface area (Å²) >= 11 is 1.36. The van der Waals surface area contributed by atoms with Gasteiger partial charge in [0.25, 0.3) is 5.91 Å². The average Bonchev–Trinajstić information content (AvgIpc) is 3.21. The van der Waals surface area contributed by atoms with Crippen molar-refractivity contribution in [3.8, 4) is 5.75 Å². The molecule has 3 atom stereocenters. The lowest BCUT2D eigenvalue weighted by molar-refractivity contribution is -0.145. The molecule has 0 aliphatic carbocycles. The van der Waals surface area contributed by atoms with E-state index < -0.39 is 57.8 Å². The van der Waals surface area contributed by atoms with Gasteiger partial charge in [-0.15, -0.1) is 11.8 Å². The SMILES string of the molecule is CCCCC1(CCCC)CN(c2ccccc2)c2cc(SC)c(OCC(=O)NC(C(=O)N[C@@H](C(=O)O)[C@H](C)O)c3ccccc3)cc2S(=O)(=O)C1. The van der Waals surface area contributed by atoms with E-state index in [-0.39, 0.29) is 16.4 Å². The van der Waals surface area contributed by atoms with Crippen molar-refractivity contribution >= 4 is 50.8 Å². The zero-order valence-corrected chi connectivity index (χ0v) is 31.3. The fourth-order valence-corrected chi connectivity index (χ4v) is 9.16. The maximum Gasteiger partial charge on any atom is 0.328 e. The van der Waals surface area contributed by atoms with Crippen LogP contribution in [0, 0.1) is 5.41 Å². The third kappa shape index (κ3) is 10.0. The number of carbonyl (C=O) groups is 3. The van der Waals surface area contributed by atoms with Crippen LogP contribution in [0.25, 0.3) is 0 Å². The second-order valence-electron chi connectivity index (χ2n) is 13.1. The molecule has 1 aliphatic rings. The smallest absolute Gasteiger partial charge is 0.328 e. The quantitative estimate of drug-likeness (QED) is 0.123. The molecule has 3 aromatic carbocycles. The van der Waals surface area contributed by atoms with Crippen molar-refractivity contribution in [1.82, 2.24) is 10.6 Å². The Morgan fingerprint density at radius 3 is 2.12 bits per heavy atom. The normalized spacial score (nSPS) is 16.5. The number of carboxylic acids is 1. The van der Waals surface area contributed by atoms with Crippen molar-refractivity contribution < 1.29 is 37.8 Å². The Labute approximate surface area is 305 Å². The van der Waals surface area contributed by atoms with Gasteiger partial charge in [-0.25, -0.2) is 13.2 Å². The van der Waals surface area contributed by atoms with E-state index in [0.717, 1.165) is 44.2 Å². The molecule has 11 nitrogen and oxygen atoms in total. The van der Waals surface area contributed by atoms with Gasteiger partial charge < -0.3 is 30.5 Å². The van der Waals surface area contributed by atoms with Crippen LogP contribution in [0.4, 0.5) is 11.4 Å². The number of nitrogens with one attached hydrogen (secondary N) is 2. The second kappa shape index (κ2) is 17.9. The Morgan fingerprint density at radius 2 is 1.57 bits per heavy atom. The molecule has 2 amide bonds. The molecule has 0 bridgehead atoms. The number of hydrogen-bond acceptors (Lipinski definition) is 9. The summed E-state index contributed by atoms with van der Waals surface area (Å²) in [4.78, 5) is 41.1. The Morgan fingerprint density at radius 1 is 0.961 bits per heavy atom. The van der Waals surface area contributed by atoms with Crippen LogP contribution in [0.3, 0.4) is 0 Å². The number of carbonyl (C=O) groups excluding carboxylic acids is 2. The Kier molecular flexibility index (Phi) is 14.0. The summed E-state index contributed by atoms with van der Waals surface area (Å²) in [6.45, 7) is 5.46. The first-order chi connectivity index (χ1) is 24.3. The molecule has 4 rings (SSSR count). The number of para-hydroxylation sites is 1. The summed E-state index contributed by atoms with van der Waals surface area (Å²) in [6.07, 6.45) is 5.74. The molecule has 0 saturated carbocycles. The van der Waals surface area contributed by atoms with E-state index in [0.29, 0.717) is 22.7 Å². The zero-order chi connectivity index (χ0) is 37.2. The number of sulfone groups is 1. The lowest BCUT2D eigenvalue weighted by atomic mass is 9.79. The highest BCUT2D eigenvalue weighted by Gasteiger charge is 2.42. The number of unbranched alkanes of at least 4 members (excludes halogenated alkanes) is 2. The molecule has 1 aliphatic heterocycles. The highest BCUT2D eigenvalue weighted by Crippen LogP contribution is 2.47. The van der Waals surface area contributed by atoms with Crippen LogP contribution in [0.1, 0.15) is 70.9 Å². The highest BCUT2D eigenvalue weighted by molar-refractivity contribution is 7.98. The fourth-order valence-electron chi connectivity index (χ4n) is 6.50. The Bertz CT molecular complexity index is 1750. The van der Waals surface area contributed by atoms with Crippen LogP contribution in [0.2, 0.25) is 0 Å². The number of aliphatic hydroxyl groups excluding tert-OH is 1. The van der Waals surface area contributed by atoms with Gasteiger partial charge in [0.15, 0.2) is 22.5 Å². The van der Waals surface area contributed by atoms with Crippen LogP contribution in [0.15, 0.2) is 82.6 Å². The average molecular weight is 740 g/mol. The number of rotatable bonds is 17. The van der Waals surface area contributed by atoms with E-state index in [2.05, 4.69) is 29.4 Å². The summed E-state index contributed by atoms with van der Waals surface area (Å²) in [5, 5.41) is 24.3. The van der Waals surface area contributed by atoms with E-state index in [1.165, 1.54) is 24.8 Å².